The molecule has 0 atom stereocenters. The van der Waals surface area contributed by atoms with Gasteiger partial charge in [0.2, 0.25) is 0 Å². The molecule has 1 aromatic heterocycles. The highest BCUT2D eigenvalue weighted by molar-refractivity contribution is 7.09. The minimum atomic E-state index is -0.00581. The normalized spacial score (nSPS) is 9.64. The maximum atomic E-state index is 9.28. The number of hydrogen-bond donors (Lipinski definition) is 1. The second kappa shape index (κ2) is 3.44. The topological polar surface area (TPSA) is 69.8 Å². The van der Waals surface area contributed by atoms with Crippen LogP contribution in [0.1, 0.15) is 5.56 Å². The molecule has 0 bridgehead atoms. The van der Waals surface area contributed by atoms with Crippen LogP contribution in [-0.4, -0.2) is 14.7 Å². The Morgan fingerprint density at radius 2 is 2.29 bits per heavy atom. The second-order valence-electron chi connectivity index (χ2n) is 2.63. The summed E-state index contributed by atoms with van der Waals surface area (Å²) in [5.74, 6) is -0.00581. The number of hydrogen-bond acceptors (Lipinski definition) is 5. The lowest BCUT2D eigenvalue weighted by molar-refractivity contribution is 0.473. The molecule has 2 rings (SSSR count). The maximum absolute atomic E-state index is 9.28. The average Bonchev–Trinajstić information content (AvgIpc) is 2.71. The molecular weight excluding hydrogens is 198 g/mol. The Morgan fingerprint density at radius 3 is 2.93 bits per heavy atom. The van der Waals surface area contributed by atoms with Gasteiger partial charge in [-0.3, -0.25) is 0 Å². The predicted octanol–water partition coefficient (Wildman–Crippen LogP) is 1.78. The molecule has 0 saturated carbocycles. The molecule has 1 aromatic carbocycles. The smallest absolute Gasteiger partial charge is 0.133 e. The van der Waals surface area contributed by atoms with Crippen molar-refractivity contribution in [1.29, 1.82) is 5.26 Å². The summed E-state index contributed by atoms with van der Waals surface area (Å²) in [5, 5.41) is 21.7. The molecular formula is C9H5N3OS. The van der Waals surface area contributed by atoms with E-state index in [1.54, 1.807) is 18.3 Å². The van der Waals surface area contributed by atoms with Gasteiger partial charge in [-0.15, -0.1) is 5.10 Å². The number of phenols is 1. The van der Waals surface area contributed by atoms with E-state index in [0.717, 1.165) is 10.4 Å². The first-order valence-corrected chi connectivity index (χ1v) is 4.59. The lowest BCUT2D eigenvalue weighted by Gasteiger charge is -1.98. The van der Waals surface area contributed by atoms with Crippen molar-refractivity contribution < 1.29 is 5.11 Å². The van der Waals surface area contributed by atoms with Crippen LogP contribution in [0.5, 0.6) is 5.75 Å². The first-order valence-electron chi connectivity index (χ1n) is 3.82. The van der Waals surface area contributed by atoms with Crippen molar-refractivity contribution in [3.8, 4) is 22.3 Å². The van der Waals surface area contributed by atoms with Gasteiger partial charge in [-0.1, -0.05) is 4.49 Å². The second-order valence-corrected chi connectivity index (χ2v) is 3.41. The quantitative estimate of drug-likeness (QED) is 0.767. The van der Waals surface area contributed by atoms with Gasteiger partial charge in [0, 0.05) is 0 Å². The fraction of sp³-hybridized carbons (Fsp3) is 0. The highest BCUT2D eigenvalue weighted by atomic mass is 32.1. The molecule has 0 unspecified atom stereocenters. The van der Waals surface area contributed by atoms with E-state index in [0.29, 0.717) is 0 Å². The zero-order valence-electron chi connectivity index (χ0n) is 7.01. The molecule has 0 saturated heterocycles. The van der Waals surface area contributed by atoms with Crippen LogP contribution in [0.3, 0.4) is 0 Å². The third kappa shape index (κ3) is 1.43. The number of rotatable bonds is 1. The number of aromatic nitrogens is 2. The van der Waals surface area contributed by atoms with Crippen molar-refractivity contribution in [2.45, 2.75) is 0 Å². The van der Waals surface area contributed by atoms with E-state index in [-0.39, 0.29) is 11.3 Å². The van der Waals surface area contributed by atoms with Gasteiger partial charge in [-0.2, -0.15) is 5.26 Å². The first-order chi connectivity index (χ1) is 6.81. The Balaban J connectivity index is 2.53. The minimum Gasteiger partial charge on any atom is -0.507 e. The van der Waals surface area contributed by atoms with Gasteiger partial charge in [0.1, 0.15) is 11.8 Å². The molecule has 2 aromatic rings. The van der Waals surface area contributed by atoms with E-state index < -0.39 is 0 Å². The Morgan fingerprint density at radius 1 is 1.43 bits per heavy atom. The molecule has 4 nitrogen and oxygen atoms in total. The molecule has 1 N–H and O–H groups in total. The highest BCUT2D eigenvalue weighted by Gasteiger charge is 2.05. The van der Waals surface area contributed by atoms with Crippen LogP contribution in [-0.2, 0) is 0 Å². The summed E-state index contributed by atoms with van der Waals surface area (Å²) in [6.07, 6.45) is 1.62. The van der Waals surface area contributed by atoms with E-state index >= 15 is 0 Å². The van der Waals surface area contributed by atoms with Crippen LogP contribution in [0.15, 0.2) is 24.4 Å². The lowest BCUT2D eigenvalue weighted by Crippen LogP contribution is -1.78. The van der Waals surface area contributed by atoms with Crippen molar-refractivity contribution in [2.24, 2.45) is 0 Å². The van der Waals surface area contributed by atoms with Crippen molar-refractivity contribution in [3.05, 3.63) is 30.0 Å². The highest BCUT2D eigenvalue weighted by Crippen LogP contribution is 2.26. The third-order valence-electron chi connectivity index (χ3n) is 1.76. The van der Waals surface area contributed by atoms with Gasteiger partial charge < -0.3 is 5.11 Å². The molecule has 0 radical (unpaired) electrons. The number of phenolic OH excluding ortho intramolecular Hbond substituents is 1. The van der Waals surface area contributed by atoms with Crippen LogP contribution in [0.4, 0.5) is 0 Å². The third-order valence-corrected chi connectivity index (χ3v) is 2.48. The van der Waals surface area contributed by atoms with Crippen molar-refractivity contribution in [2.75, 3.05) is 0 Å². The number of benzene rings is 1. The fourth-order valence-corrected chi connectivity index (χ4v) is 1.58. The van der Waals surface area contributed by atoms with Gasteiger partial charge in [0.05, 0.1) is 16.6 Å². The van der Waals surface area contributed by atoms with Crippen LogP contribution < -0.4 is 0 Å². The molecule has 0 aliphatic carbocycles. The van der Waals surface area contributed by atoms with Gasteiger partial charge in [0.25, 0.3) is 0 Å². The number of aromatic hydroxyl groups is 1. The largest absolute Gasteiger partial charge is 0.507 e. The Bertz CT molecular complexity index is 487. The van der Waals surface area contributed by atoms with Gasteiger partial charge >= 0.3 is 0 Å². The standard InChI is InChI=1S/C9H5N3OS/c10-4-7-3-6(1-2-8(7)13)9-5-11-12-14-9/h1-3,5,13H. The Labute approximate surface area is 84.2 Å². The zero-order chi connectivity index (χ0) is 9.97. The summed E-state index contributed by atoms with van der Waals surface area (Å²) in [4.78, 5) is 0.876. The summed E-state index contributed by atoms with van der Waals surface area (Å²) in [5.41, 5.74) is 1.10. The SMILES string of the molecule is N#Cc1cc(-c2cnns2)ccc1O. The number of nitriles is 1. The maximum Gasteiger partial charge on any atom is 0.133 e. The van der Waals surface area contributed by atoms with Crippen molar-refractivity contribution in [1.82, 2.24) is 9.59 Å². The van der Waals surface area contributed by atoms with E-state index in [1.807, 2.05) is 6.07 Å². The molecule has 0 aliphatic rings. The van der Waals surface area contributed by atoms with E-state index in [9.17, 15) is 5.11 Å². The van der Waals surface area contributed by atoms with Gasteiger partial charge in [-0.25, -0.2) is 0 Å². The summed E-state index contributed by atoms with van der Waals surface area (Å²) in [6.45, 7) is 0. The van der Waals surface area contributed by atoms with E-state index in [1.165, 1.54) is 17.6 Å². The predicted molar refractivity (Wildman–Crippen MR) is 51.7 cm³/mol. The summed E-state index contributed by atoms with van der Waals surface area (Å²) in [6, 6.07) is 6.75. The van der Waals surface area contributed by atoms with Crippen molar-refractivity contribution in [3.63, 3.8) is 0 Å². The zero-order valence-corrected chi connectivity index (χ0v) is 7.82. The fourth-order valence-electron chi connectivity index (χ4n) is 1.07. The summed E-state index contributed by atoms with van der Waals surface area (Å²) < 4.78 is 3.72. The monoisotopic (exact) mass is 203 g/mol. The summed E-state index contributed by atoms with van der Waals surface area (Å²) in [7, 11) is 0. The molecule has 0 spiro atoms. The minimum absolute atomic E-state index is 0.00581. The molecule has 14 heavy (non-hydrogen) atoms. The molecule has 0 amide bonds. The molecule has 0 fully saturated rings. The molecule has 0 aliphatic heterocycles. The molecule has 1 heterocycles. The van der Waals surface area contributed by atoms with E-state index in [2.05, 4.69) is 9.59 Å². The van der Waals surface area contributed by atoms with Crippen LogP contribution >= 0.6 is 11.5 Å². The van der Waals surface area contributed by atoms with Crippen molar-refractivity contribution >= 4 is 11.5 Å². The summed E-state index contributed by atoms with van der Waals surface area (Å²) >= 11 is 1.25. The van der Waals surface area contributed by atoms with Gasteiger partial charge in [-0.05, 0) is 35.3 Å². The van der Waals surface area contributed by atoms with Crippen LogP contribution in [0, 0.1) is 11.3 Å². The molecule has 68 valence electrons. The lowest BCUT2D eigenvalue weighted by atomic mass is 10.1. The molecule has 5 heteroatoms. The van der Waals surface area contributed by atoms with Crippen LogP contribution in [0.25, 0.3) is 10.4 Å². The number of nitrogens with zero attached hydrogens (tertiary/aromatic N) is 3. The van der Waals surface area contributed by atoms with Crippen LogP contribution in [0.2, 0.25) is 0 Å². The average molecular weight is 203 g/mol. The Kier molecular flexibility index (Phi) is 2.13. The van der Waals surface area contributed by atoms with Gasteiger partial charge in [0.15, 0.2) is 0 Å². The van der Waals surface area contributed by atoms with E-state index in [4.69, 9.17) is 5.26 Å². The first kappa shape index (κ1) is 8.66. The Hall–Kier alpha value is -1.93.